The van der Waals surface area contributed by atoms with Crippen molar-refractivity contribution >= 4 is 11.8 Å². The largest absolute Gasteiger partial charge is 0.422 e. The molecule has 0 spiro atoms. The Balaban J connectivity index is 1.53. The van der Waals surface area contributed by atoms with E-state index in [9.17, 15) is 44.3 Å². The number of carbonyl (C=O) groups excluding carboxylic acids is 1. The predicted octanol–water partition coefficient (Wildman–Crippen LogP) is 9.44. The van der Waals surface area contributed by atoms with E-state index in [2.05, 4.69) is 0 Å². The highest BCUT2D eigenvalue weighted by molar-refractivity contribution is 5.92. The lowest BCUT2D eigenvalue weighted by Gasteiger charge is -2.12. The molecule has 40 heavy (non-hydrogen) atoms. The first-order valence-electron chi connectivity index (χ1n) is 11.3. The van der Waals surface area contributed by atoms with Gasteiger partial charge in [-0.1, -0.05) is 36.4 Å². The first-order valence-corrected chi connectivity index (χ1v) is 11.3. The second-order valence-corrected chi connectivity index (χ2v) is 8.47. The Morgan fingerprint density at radius 3 is 1.73 bits per heavy atom. The van der Waals surface area contributed by atoms with E-state index >= 15 is 0 Å². The average Bonchev–Trinajstić information content (AvgIpc) is 2.88. The monoisotopic (exact) mass is 566 g/mol. The number of carbonyl (C=O) groups is 1. The van der Waals surface area contributed by atoms with Gasteiger partial charge in [0.1, 0.15) is 28.8 Å². The summed E-state index contributed by atoms with van der Waals surface area (Å²) in [6, 6.07) is 12.1. The first kappa shape index (κ1) is 28.5. The topological polar surface area (TPSA) is 26.3 Å². The van der Waals surface area contributed by atoms with E-state index in [1.807, 2.05) is 0 Å². The van der Waals surface area contributed by atoms with Gasteiger partial charge in [-0.3, -0.25) is 0 Å². The summed E-state index contributed by atoms with van der Waals surface area (Å²) >= 11 is 0. The summed E-state index contributed by atoms with van der Waals surface area (Å²) in [5, 5.41) is 0. The fourth-order valence-corrected chi connectivity index (χ4v) is 3.81. The summed E-state index contributed by atoms with van der Waals surface area (Å²) in [6.07, 6.45) is -5.30. The van der Waals surface area contributed by atoms with Crippen LogP contribution in [0.5, 0.6) is 5.75 Å². The molecule has 4 aromatic rings. The van der Waals surface area contributed by atoms with Crippen LogP contribution in [0.25, 0.3) is 28.1 Å². The summed E-state index contributed by atoms with van der Waals surface area (Å²) in [7, 11) is 0. The fraction of sp³-hybridized carbons (Fsp3) is 0.0690. The van der Waals surface area contributed by atoms with E-state index in [0.717, 1.165) is 31.2 Å². The van der Waals surface area contributed by atoms with Gasteiger partial charge in [0.15, 0.2) is 17.4 Å². The Morgan fingerprint density at radius 1 is 0.650 bits per heavy atom. The van der Waals surface area contributed by atoms with Crippen molar-refractivity contribution in [2.45, 2.75) is 13.1 Å². The van der Waals surface area contributed by atoms with Gasteiger partial charge in [0, 0.05) is 11.1 Å². The Bertz CT molecular complexity index is 1610. The lowest BCUT2D eigenvalue weighted by Crippen LogP contribution is -2.12. The Kier molecular flexibility index (Phi) is 7.77. The molecule has 0 aliphatic carbocycles. The van der Waals surface area contributed by atoms with E-state index in [0.29, 0.717) is 29.3 Å². The normalized spacial score (nSPS) is 12.2. The van der Waals surface area contributed by atoms with Crippen LogP contribution >= 0.6 is 0 Å². The number of benzene rings is 4. The van der Waals surface area contributed by atoms with Crippen LogP contribution in [0.15, 0.2) is 78.6 Å². The summed E-state index contributed by atoms with van der Waals surface area (Å²) in [6.45, 7) is 0.961. The number of hydrogen-bond donors (Lipinski definition) is 0. The Hall–Kier alpha value is -4.54. The highest BCUT2D eigenvalue weighted by Gasteiger charge is 2.38. The molecule has 2 nitrogen and oxygen atoms in total. The summed E-state index contributed by atoms with van der Waals surface area (Å²) in [5.41, 5.74) is -2.85. The number of ether oxygens (including phenoxy) is 1. The maximum Gasteiger partial charge on any atom is 0.422 e. The number of hydrogen-bond acceptors (Lipinski definition) is 2. The van der Waals surface area contributed by atoms with E-state index in [1.54, 1.807) is 0 Å². The highest BCUT2D eigenvalue weighted by atomic mass is 19.4. The number of halogens is 9. The van der Waals surface area contributed by atoms with E-state index < -0.39 is 75.1 Å². The Morgan fingerprint density at radius 2 is 1.20 bits per heavy atom. The molecule has 206 valence electrons. The first-order chi connectivity index (χ1) is 18.8. The van der Waals surface area contributed by atoms with Crippen LogP contribution < -0.4 is 4.74 Å². The number of allylic oxidation sites excluding steroid dienone is 1. The van der Waals surface area contributed by atoms with E-state index in [-0.39, 0.29) is 5.56 Å². The minimum atomic E-state index is -5.30. The molecule has 4 rings (SSSR count). The van der Waals surface area contributed by atoms with Crippen molar-refractivity contribution in [2.24, 2.45) is 0 Å². The van der Waals surface area contributed by atoms with Gasteiger partial charge >= 0.3 is 12.1 Å². The van der Waals surface area contributed by atoms with E-state index in [4.69, 9.17) is 4.74 Å². The van der Waals surface area contributed by atoms with Crippen LogP contribution in [-0.2, 0) is 6.18 Å². The molecule has 0 heterocycles. The second kappa shape index (κ2) is 10.9. The van der Waals surface area contributed by atoms with Crippen molar-refractivity contribution in [1.82, 2.24) is 0 Å². The maximum atomic E-state index is 14.7. The molecule has 4 aromatic carbocycles. The number of rotatable bonds is 5. The smallest absolute Gasteiger partial charge is 0.420 e. The molecule has 0 saturated heterocycles. The predicted molar refractivity (Wildman–Crippen MR) is 128 cm³/mol. The second-order valence-electron chi connectivity index (χ2n) is 8.47. The van der Waals surface area contributed by atoms with Crippen LogP contribution in [0.4, 0.5) is 39.5 Å². The molecule has 0 unspecified atom stereocenters. The average molecular weight is 566 g/mol. The molecular weight excluding hydrogens is 551 g/mol. The zero-order valence-corrected chi connectivity index (χ0v) is 20.1. The standard InChI is InChI=1S/C29H15F9O2/c1-14(30)27(35)16-4-2-15(3-5-16)17-7-9-25(22(32)10-17)40-28(39)18-6-8-20(21(31)11-18)19-12-23(33)26(24(34)13-19)29(36,37)38/h2-13H,1H3. The number of esters is 1. The number of alkyl halides is 3. The lowest BCUT2D eigenvalue weighted by atomic mass is 10.0. The van der Waals surface area contributed by atoms with Gasteiger partial charge in [-0.25, -0.2) is 31.1 Å². The van der Waals surface area contributed by atoms with Crippen LogP contribution in [0.2, 0.25) is 0 Å². The molecule has 0 radical (unpaired) electrons. The lowest BCUT2D eigenvalue weighted by molar-refractivity contribution is -0.142. The third kappa shape index (κ3) is 5.88. The molecule has 0 amide bonds. The van der Waals surface area contributed by atoms with Gasteiger partial charge in [-0.05, 0) is 60.0 Å². The molecule has 0 aliphatic heterocycles. The molecule has 0 bridgehead atoms. The highest BCUT2D eigenvalue weighted by Crippen LogP contribution is 2.36. The van der Waals surface area contributed by atoms with Crippen molar-refractivity contribution in [3.63, 3.8) is 0 Å². The summed E-state index contributed by atoms with van der Waals surface area (Å²) < 4.78 is 127. The van der Waals surface area contributed by atoms with Crippen molar-refractivity contribution in [1.29, 1.82) is 0 Å². The van der Waals surface area contributed by atoms with Gasteiger partial charge in [-0.2, -0.15) is 13.2 Å². The van der Waals surface area contributed by atoms with Crippen LogP contribution in [0.1, 0.15) is 28.4 Å². The minimum absolute atomic E-state index is 0.0124. The minimum Gasteiger partial charge on any atom is -0.420 e. The third-order valence-corrected chi connectivity index (χ3v) is 5.75. The van der Waals surface area contributed by atoms with Crippen LogP contribution in [-0.4, -0.2) is 5.97 Å². The van der Waals surface area contributed by atoms with Gasteiger partial charge in [0.05, 0.1) is 5.56 Å². The quantitative estimate of drug-likeness (QED) is 0.137. The van der Waals surface area contributed by atoms with Crippen molar-refractivity contribution in [3.8, 4) is 28.0 Å². The van der Waals surface area contributed by atoms with Crippen molar-refractivity contribution < 1.29 is 49.0 Å². The molecule has 0 saturated carbocycles. The molecule has 0 aliphatic rings. The molecule has 0 aromatic heterocycles. The summed E-state index contributed by atoms with van der Waals surface area (Å²) in [5.74, 6) is -9.84. The SMILES string of the molecule is CC(F)=C(F)c1ccc(-c2ccc(OC(=O)c3ccc(-c4cc(F)c(C(F)(F)F)c(F)c4)c(F)c3)c(F)c2)cc1. The maximum absolute atomic E-state index is 14.7. The van der Waals surface area contributed by atoms with Gasteiger partial charge in [0.2, 0.25) is 0 Å². The van der Waals surface area contributed by atoms with Gasteiger partial charge in [0.25, 0.3) is 0 Å². The van der Waals surface area contributed by atoms with Crippen molar-refractivity contribution in [3.05, 3.63) is 119 Å². The Labute approximate surface area is 221 Å². The molecule has 0 N–H and O–H groups in total. The molecular formula is C29H15F9O2. The van der Waals surface area contributed by atoms with Gasteiger partial charge in [-0.15, -0.1) is 0 Å². The molecule has 11 heteroatoms. The third-order valence-electron chi connectivity index (χ3n) is 5.75. The van der Waals surface area contributed by atoms with Crippen molar-refractivity contribution in [2.75, 3.05) is 0 Å². The molecule has 0 fully saturated rings. The zero-order chi connectivity index (χ0) is 29.4. The summed E-state index contributed by atoms with van der Waals surface area (Å²) in [4.78, 5) is 12.5. The van der Waals surface area contributed by atoms with Gasteiger partial charge < -0.3 is 4.74 Å². The van der Waals surface area contributed by atoms with Crippen LogP contribution in [0, 0.1) is 23.3 Å². The molecule has 0 atom stereocenters. The van der Waals surface area contributed by atoms with Crippen LogP contribution in [0.3, 0.4) is 0 Å². The fourth-order valence-electron chi connectivity index (χ4n) is 3.81. The van der Waals surface area contributed by atoms with E-state index in [1.165, 1.54) is 30.3 Å². The zero-order valence-electron chi connectivity index (χ0n) is 20.1.